The van der Waals surface area contributed by atoms with Crippen molar-refractivity contribution < 1.29 is 4.79 Å². The fraction of sp³-hybridized carbons (Fsp3) is 0.588. The lowest BCUT2D eigenvalue weighted by molar-refractivity contribution is -0.122. The average molecular weight is 302 g/mol. The molecule has 0 aromatic heterocycles. The number of likely N-dealkylation sites (tertiary alicyclic amines) is 1. The fourth-order valence-corrected chi connectivity index (χ4v) is 3.50. The predicted octanol–water partition coefficient (Wildman–Crippen LogP) is 1.52. The first kappa shape index (κ1) is 15.3. The molecule has 120 valence electrons. The molecule has 1 fully saturated rings. The summed E-state index contributed by atoms with van der Waals surface area (Å²) in [5, 5.41) is 5.57. The molecule has 3 heterocycles. The molecule has 0 saturated carbocycles. The monoisotopic (exact) mass is 302 g/mol. The van der Waals surface area contributed by atoms with Crippen LogP contribution in [0.3, 0.4) is 0 Å². The van der Waals surface area contributed by atoms with E-state index >= 15 is 0 Å². The number of hydrazine groups is 1. The van der Waals surface area contributed by atoms with E-state index < -0.39 is 0 Å². The summed E-state index contributed by atoms with van der Waals surface area (Å²) in [4.78, 5) is 14.5. The first-order valence-electron chi connectivity index (χ1n) is 8.24. The Balaban J connectivity index is 1.97. The molecule has 22 heavy (non-hydrogen) atoms. The third-order valence-electron chi connectivity index (χ3n) is 4.50. The van der Waals surface area contributed by atoms with Crippen LogP contribution in [0, 0.1) is 0 Å². The third-order valence-corrected chi connectivity index (χ3v) is 4.50. The number of nitrogens with one attached hydrogen (secondary N) is 2. The number of piperidine rings is 1. The highest BCUT2D eigenvalue weighted by Gasteiger charge is 2.42. The molecular formula is C17H26N4O. The van der Waals surface area contributed by atoms with Crippen molar-refractivity contribution in [3.05, 3.63) is 35.7 Å². The first-order chi connectivity index (χ1) is 10.6. The zero-order valence-electron chi connectivity index (χ0n) is 13.7. The van der Waals surface area contributed by atoms with Crippen LogP contribution in [0.2, 0.25) is 0 Å². The molecule has 5 heteroatoms. The lowest BCUT2D eigenvalue weighted by atomic mass is 9.84. The van der Waals surface area contributed by atoms with Gasteiger partial charge in [-0.05, 0) is 43.7 Å². The molecule has 0 spiro atoms. The Morgan fingerprint density at radius 2 is 2.27 bits per heavy atom. The zero-order valence-corrected chi connectivity index (χ0v) is 13.7. The first-order valence-corrected chi connectivity index (χ1v) is 8.24. The van der Waals surface area contributed by atoms with Gasteiger partial charge in [0.05, 0.1) is 12.6 Å². The van der Waals surface area contributed by atoms with Crippen LogP contribution in [0.15, 0.2) is 35.7 Å². The SMILES string of the molecule is CCCNN1C=C2CC(=O)CN(C(C)C)C2C2=CC=CNC21. The van der Waals surface area contributed by atoms with Crippen LogP contribution in [0.5, 0.6) is 0 Å². The zero-order chi connectivity index (χ0) is 15.7. The summed E-state index contributed by atoms with van der Waals surface area (Å²) in [6.45, 7) is 7.96. The van der Waals surface area contributed by atoms with E-state index in [1.807, 2.05) is 6.20 Å². The van der Waals surface area contributed by atoms with E-state index in [1.165, 1.54) is 11.1 Å². The van der Waals surface area contributed by atoms with Crippen molar-refractivity contribution in [2.75, 3.05) is 13.1 Å². The molecular weight excluding hydrogens is 276 g/mol. The van der Waals surface area contributed by atoms with E-state index in [1.54, 1.807) is 0 Å². The van der Waals surface area contributed by atoms with E-state index in [4.69, 9.17) is 0 Å². The number of Topliss-reactive ketones (excluding diaryl/α,β-unsaturated/α-hetero) is 1. The minimum atomic E-state index is 0.125. The largest absolute Gasteiger partial charge is 0.367 e. The standard InChI is InChI=1S/C17H26N4O/c1-4-7-19-21-10-13-9-14(22)11-20(12(2)3)16(13)15-6-5-8-18-17(15)21/h5-6,8,10,12,16-19H,4,7,9,11H2,1-3H3. The van der Waals surface area contributed by atoms with Crippen molar-refractivity contribution >= 4 is 5.78 Å². The Morgan fingerprint density at radius 3 is 3.00 bits per heavy atom. The number of nitrogens with zero attached hydrogens (tertiary/aromatic N) is 2. The maximum atomic E-state index is 12.1. The minimum absolute atomic E-state index is 0.125. The number of rotatable bonds is 4. The molecule has 2 N–H and O–H groups in total. The average Bonchev–Trinajstić information content (AvgIpc) is 2.51. The smallest absolute Gasteiger partial charge is 0.151 e. The normalized spacial score (nSPS) is 28.0. The number of dihydropyridines is 1. The molecule has 2 atom stereocenters. The van der Waals surface area contributed by atoms with Crippen LogP contribution in [0.1, 0.15) is 33.6 Å². The number of carbonyl (C=O) groups is 1. The van der Waals surface area contributed by atoms with Gasteiger partial charge in [-0.2, -0.15) is 0 Å². The molecule has 2 unspecified atom stereocenters. The maximum Gasteiger partial charge on any atom is 0.151 e. The number of hydrogen-bond acceptors (Lipinski definition) is 5. The third kappa shape index (κ3) is 2.71. The molecule has 0 aromatic rings. The summed E-state index contributed by atoms with van der Waals surface area (Å²) in [7, 11) is 0. The Kier molecular flexibility index (Phi) is 4.36. The molecule has 3 aliphatic rings. The van der Waals surface area contributed by atoms with Crippen LogP contribution in [-0.2, 0) is 4.79 Å². The van der Waals surface area contributed by atoms with Gasteiger partial charge in [0.15, 0.2) is 5.78 Å². The van der Waals surface area contributed by atoms with Crippen LogP contribution in [0.4, 0.5) is 0 Å². The Labute approximate surface area is 132 Å². The van der Waals surface area contributed by atoms with Crippen molar-refractivity contribution in [1.29, 1.82) is 0 Å². The summed E-state index contributed by atoms with van der Waals surface area (Å²) in [5.74, 6) is 0.310. The van der Waals surface area contributed by atoms with Gasteiger partial charge in [-0.1, -0.05) is 13.0 Å². The lowest BCUT2D eigenvalue weighted by Gasteiger charge is -2.49. The predicted molar refractivity (Wildman–Crippen MR) is 87.6 cm³/mol. The van der Waals surface area contributed by atoms with E-state index in [0.717, 1.165) is 13.0 Å². The van der Waals surface area contributed by atoms with Crippen LogP contribution in [-0.4, -0.2) is 47.0 Å². The molecule has 0 radical (unpaired) electrons. The fourth-order valence-electron chi connectivity index (χ4n) is 3.50. The molecule has 0 bridgehead atoms. The van der Waals surface area contributed by atoms with E-state index in [9.17, 15) is 4.79 Å². The van der Waals surface area contributed by atoms with Crippen molar-refractivity contribution in [3.63, 3.8) is 0 Å². The van der Waals surface area contributed by atoms with Gasteiger partial charge in [0.1, 0.15) is 6.17 Å². The summed E-state index contributed by atoms with van der Waals surface area (Å²) >= 11 is 0. The van der Waals surface area contributed by atoms with E-state index in [0.29, 0.717) is 24.8 Å². The minimum Gasteiger partial charge on any atom is -0.367 e. The quantitative estimate of drug-likeness (QED) is 0.824. The summed E-state index contributed by atoms with van der Waals surface area (Å²) < 4.78 is 0. The van der Waals surface area contributed by atoms with Crippen molar-refractivity contribution in [2.24, 2.45) is 0 Å². The molecule has 0 aliphatic carbocycles. The number of carbonyl (C=O) groups excluding carboxylic acids is 1. The number of ketones is 1. The van der Waals surface area contributed by atoms with Gasteiger partial charge in [-0.25, -0.2) is 5.43 Å². The van der Waals surface area contributed by atoms with E-state index in [-0.39, 0.29) is 12.2 Å². The number of allylic oxidation sites excluding steroid dienone is 2. The number of fused-ring (bicyclic) bond motifs is 3. The molecule has 1 saturated heterocycles. The van der Waals surface area contributed by atoms with Gasteiger partial charge in [0.2, 0.25) is 0 Å². The molecule has 5 nitrogen and oxygen atoms in total. The second-order valence-corrected chi connectivity index (χ2v) is 6.50. The van der Waals surface area contributed by atoms with Gasteiger partial charge in [0, 0.05) is 25.2 Å². The van der Waals surface area contributed by atoms with Crippen molar-refractivity contribution in [1.82, 2.24) is 20.7 Å². The number of hydrogen-bond donors (Lipinski definition) is 2. The van der Waals surface area contributed by atoms with Crippen molar-refractivity contribution in [2.45, 2.75) is 51.9 Å². The second kappa shape index (κ2) is 6.26. The highest BCUT2D eigenvalue weighted by molar-refractivity contribution is 5.85. The Bertz CT molecular complexity index is 535. The highest BCUT2D eigenvalue weighted by atomic mass is 16.1. The molecule has 0 amide bonds. The van der Waals surface area contributed by atoms with Crippen LogP contribution < -0.4 is 10.7 Å². The summed E-state index contributed by atoms with van der Waals surface area (Å²) in [6.07, 6.45) is 10.1. The van der Waals surface area contributed by atoms with Crippen LogP contribution >= 0.6 is 0 Å². The molecule has 3 rings (SSSR count). The molecule has 3 aliphatic heterocycles. The van der Waals surface area contributed by atoms with Gasteiger partial charge in [-0.15, -0.1) is 0 Å². The summed E-state index contributed by atoms with van der Waals surface area (Å²) in [6, 6.07) is 0.583. The van der Waals surface area contributed by atoms with Gasteiger partial charge in [-0.3, -0.25) is 14.7 Å². The summed E-state index contributed by atoms with van der Waals surface area (Å²) in [5.41, 5.74) is 5.98. The van der Waals surface area contributed by atoms with Gasteiger partial charge >= 0.3 is 0 Å². The van der Waals surface area contributed by atoms with E-state index in [2.05, 4.69) is 59.8 Å². The maximum absolute atomic E-state index is 12.1. The Hall–Kier alpha value is -1.59. The second-order valence-electron chi connectivity index (χ2n) is 6.50. The Morgan fingerprint density at radius 1 is 1.45 bits per heavy atom. The lowest BCUT2D eigenvalue weighted by Crippen LogP contribution is -2.61. The van der Waals surface area contributed by atoms with Gasteiger partial charge < -0.3 is 5.32 Å². The highest BCUT2D eigenvalue weighted by Crippen LogP contribution is 2.35. The van der Waals surface area contributed by atoms with Crippen molar-refractivity contribution in [3.8, 4) is 0 Å². The molecule has 0 aromatic carbocycles. The topological polar surface area (TPSA) is 47.6 Å². The van der Waals surface area contributed by atoms with Gasteiger partial charge in [0.25, 0.3) is 0 Å². The van der Waals surface area contributed by atoms with Crippen LogP contribution in [0.25, 0.3) is 0 Å².